The lowest BCUT2D eigenvalue weighted by molar-refractivity contribution is -0.144. The Morgan fingerprint density at radius 2 is 2.00 bits per heavy atom. The molecule has 0 spiro atoms. The molecule has 0 aliphatic carbocycles. The quantitative estimate of drug-likeness (QED) is 0.635. The van der Waals surface area contributed by atoms with E-state index in [1.54, 1.807) is 24.2 Å². The van der Waals surface area contributed by atoms with Crippen molar-refractivity contribution in [2.45, 2.75) is 33.7 Å². The molecule has 1 aromatic heterocycles. The van der Waals surface area contributed by atoms with Crippen LogP contribution in [-0.2, 0) is 20.9 Å². The van der Waals surface area contributed by atoms with Crippen LogP contribution in [0.2, 0.25) is 0 Å². The molecular formula is C21H26N2O4. The fourth-order valence-electron chi connectivity index (χ4n) is 2.56. The summed E-state index contributed by atoms with van der Waals surface area (Å²) in [5.74, 6) is 0.177. The van der Waals surface area contributed by atoms with Crippen LogP contribution < -0.4 is 4.74 Å². The van der Waals surface area contributed by atoms with Crippen molar-refractivity contribution >= 4 is 11.9 Å². The van der Waals surface area contributed by atoms with E-state index in [1.165, 1.54) is 0 Å². The molecular weight excluding hydrogens is 344 g/mol. The van der Waals surface area contributed by atoms with Gasteiger partial charge in [0.2, 0.25) is 0 Å². The van der Waals surface area contributed by atoms with E-state index in [9.17, 15) is 9.59 Å². The second kappa shape index (κ2) is 10.3. The fraction of sp³-hybridized carbons (Fsp3) is 0.381. The number of hydrogen-bond donors (Lipinski definition) is 0. The second-order valence-corrected chi connectivity index (χ2v) is 6.29. The van der Waals surface area contributed by atoms with E-state index in [0.29, 0.717) is 18.9 Å². The number of ether oxygens (including phenoxy) is 2. The molecule has 0 unspecified atom stereocenters. The van der Waals surface area contributed by atoms with Crippen LogP contribution in [0, 0.1) is 13.8 Å². The number of rotatable bonds is 9. The van der Waals surface area contributed by atoms with Gasteiger partial charge in [-0.25, -0.2) is 0 Å². The first-order valence-electron chi connectivity index (χ1n) is 9.02. The summed E-state index contributed by atoms with van der Waals surface area (Å²) in [6.45, 7) is 6.54. The van der Waals surface area contributed by atoms with E-state index in [4.69, 9.17) is 9.47 Å². The standard InChI is InChI=1S/C21H26N2O4/c1-4-26-21(25)9-11-23(14-18-6-5-10-22-13-18)20(24)15-27-19-12-16(2)7-8-17(19)3/h5-8,10,12-13H,4,9,11,14-15H2,1-3H3. The Hall–Kier alpha value is -2.89. The molecule has 0 atom stereocenters. The lowest BCUT2D eigenvalue weighted by atomic mass is 10.1. The Morgan fingerprint density at radius 1 is 1.19 bits per heavy atom. The van der Waals surface area contributed by atoms with Gasteiger partial charge in [0.25, 0.3) is 5.91 Å². The summed E-state index contributed by atoms with van der Waals surface area (Å²) >= 11 is 0. The summed E-state index contributed by atoms with van der Waals surface area (Å²) < 4.78 is 10.7. The molecule has 0 bridgehead atoms. The molecule has 1 amide bonds. The molecule has 0 radical (unpaired) electrons. The number of esters is 1. The maximum absolute atomic E-state index is 12.7. The van der Waals surface area contributed by atoms with Gasteiger partial charge in [0.05, 0.1) is 13.0 Å². The number of aromatic nitrogens is 1. The number of pyridine rings is 1. The predicted molar refractivity (Wildman–Crippen MR) is 102 cm³/mol. The molecule has 0 fully saturated rings. The minimum Gasteiger partial charge on any atom is -0.483 e. The van der Waals surface area contributed by atoms with E-state index >= 15 is 0 Å². The first-order chi connectivity index (χ1) is 13.0. The lowest BCUT2D eigenvalue weighted by Gasteiger charge is -2.23. The van der Waals surface area contributed by atoms with Gasteiger partial charge in [-0.3, -0.25) is 14.6 Å². The smallest absolute Gasteiger partial charge is 0.307 e. The number of nitrogens with zero attached hydrogens (tertiary/aromatic N) is 2. The minimum absolute atomic E-state index is 0.0899. The molecule has 6 nitrogen and oxygen atoms in total. The van der Waals surface area contributed by atoms with Gasteiger partial charge in [0.1, 0.15) is 5.75 Å². The Bertz CT molecular complexity index is 762. The summed E-state index contributed by atoms with van der Waals surface area (Å²) in [6, 6.07) is 9.58. The molecule has 0 saturated heterocycles. The first kappa shape index (κ1) is 20.4. The number of carbonyl (C=O) groups excluding carboxylic acids is 2. The largest absolute Gasteiger partial charge is 0.483 e. The fourth-order valence-corrected chi connectivity index (χ4v) is 2.56. The van der Waals surface area contributed by atoms with Crippen LogP contribution >= 0.6 is 0 Å². The van der Waals surface area contributed by atoms with Crippen molar-refractivity contribution in [3.8, 4) is 5.75 Å². The number of aryl methyl sites for hydroxylation is 2. The van der Waals surface area contributed by atoms with Crippen molar-refractivity contribution in [1.29, 1.82) is 0 Å². The van der Waals surface area contributed by atoms with Gasteiger partial charge in [-0.2, -0.15) is 0 Å². The highest BCUT2D eigenvalue weighted by atomic mass is 16.5. The molecule has 6 heteroatoms. The SMILES string of the molecule is CCOC(=O)CCN(Cc1cccnc1)C(=O)COc1cc(C)ccc1C. The van der Waals surface area contributed by atoms with Gasteiger partial charge in [0.15, 0.2) is 6.61 Å². The van der Waals surface area contributed by atoms with Gasteiger partial charge in [-0.15, -0.1) is 0 Å². The Kier molecular flexibility index (Phi) is 7.79. The van der Waals surface area contributed by atoms with Crippen LogP contribution in [0.5, 0.6) is 5.75 Å². The highest BCUT2D eigenvalue weighted by Gasteiger charge is 2.17. The Morgan fingerprint density at radius 3 is 2.70 bits per heavy atom. The van der Waals surface area contributed by atoms with Crippen molar-refractivity contribution in [3.05, 3.63) is 59.4 Å². The molecule has 2 rings (SSSR count). The van der Waals surface area contributed by atoms with Gasteiger partial charge in [-0.05, 0) is 49.6 Å². The number of carbonyl (C=O) groups is 2. The molecule has 0 aliphatic rings. The number of benzene rings is 1. The Balaban J connectivity index is 2.02. The summed E-state index contributed by atoms with van der Waals surface area (Å²) in [4.78, 5) is 30.1. The van der Waals surface area contributed by atoms with E-state index in [0.717, 1.165) is 16.7 Å². The summed E-state index contributed by atoms with van der Waals surface area (Å²) in [5.41, 5.74) is 2.93. The van der Waals surface area contributed by atoms with Crippen molar-refractivity contribution in [1.82, 2.24) is 9.88 Å². The zero-order valence-corrected chi connectivity index (χ0v) is 16.1. The third-order valence-corrected chi connectivity index (χ3v) is 4.03. The monoisotopic (exact) mass is 370 g/mol. The molecule has 0 saturated carbocycles. The van der Waals surface area contributed by atoms with E-state index in [-0.39, 0.29) is 31.4 Å². The average molecular weight is 370 g/mol. The molecule has 0 N–H and O–H groups in total. The highest BCUT2D eigenvalue weighted by Crippen LogP contribution is 2.19. The maximum atomic E-state index is 12.7. The predicted octanol–water partition coefficient (Wildman–Crippen LogP) is 3.06. The van der Waals surface area contributed by atoms with E-state index in [1.807, 2.05) is 44.2 Å². The van der Waals surface area contributed by atoms with E-state index in [2.05, 4.69) is 4.98 Å². The van der Waals surface area contributed by atoms with Crippen molar-refractivity contribution in [3.63, 3.8) is 0 Å². The molecule has 144 valence electrons. The van der Waals surface area contributed by atoms with Crippen LogP contribution in [-0.4, -0.2) is 41.5 Å². The maximum Gasteiger partial charge on any atom is 0.307 e. The van der Waals surface area contributed by atoms with Gasteiger partial charge in [0, 0.05) is 25.5 Å². The Labute approximate surface area is 160 Å². The lowest BCUT2D eigenvalue weighted by Crippen LogP contribution is -2.36. The van der Waals surface area contributed by atoms with Crippen LogP contribution in [0.25, 0.3) is 0 Å². The second-order valence-electron chi connectivity index (χ2n) is 6.29. The van der Waals surface area contributed by atoms with Crippen LogP contribution in [0.3, 0.4) is 0 Å². The molecule has 1 heterocycles. The first-order valence-corrected chi connectivity index (χ1v) is 9.02. The summed E-state index contributed by atoms with van der Waals surface area (Å²) in [5, 5.41) is 0. The topological polar surface area (TPSA) is 68.7 Å². The third kappa shape index (κ3) is 6.73. The molecule has 2 aromatic rings. The molecule has 1 aromatic carbocycles. The zero-order chi connectivity index (χ0) is 19.6. The normalized spacial score (nSPS) is 10.3. The number of hydrogen-bond acceptors (Lipinski definition) is 5. The molecule has 0 aliphatic heterocycles. The summed E-state index contributed by atoms with van der Waals surface area (Å²) in [7, 11) is 0. The average Bonchev–Trinajstić information content (AvgIpc) is 2.66. The van der Waals surface area contributed by atoms with Crippen LogP contribution in [0.15, 0.2) is 42.7 Å². The van der Waals surface area contributed by atoms with Crippen molar-refractivity contribution < 1.29 is 19.1 Å². The van der Waals surface area contributed by atoms with Gasteiger partial charge >= 0.3 is 5.97 Å². The van der Waals surface area contributed by atoms with Crippen molar-refractivity contribution in [2.75, 3.05) is 19.8 Å². The van der Waals surface area contributed by atoms with Gasteiger partial charge in [-0.1, -0.05) is 18.2 Å². The van der Waals surface area contributed by atoms with Crippen LogP contribution in [0.4, 0.5) is 0 Å². The summed E-state index contributed by atoms with van der Waals surface area (Å²) in [6.07, 6.45) is 3.53. The zero-order valence-electron chi connectivity index (χ0n) is 16.1. The molecule has 27 heavy (non-hydrogen) atoms. The van der Waals surface area contributed by atoms with E-state index < -0.39 is 0 Å². The minimum atomic E-state index is -0.322. The van der Waals surface area contributed by atoms with Crippen LogP contribution in [0.1, 0.15) is 30.0 Å². The third-order valence-electron chi connectivity index (χ3n) is 4.03. The van der Waals surface area contributed by atoms with Gasteiger partial charge < -0.3 is 14.4 Å². The van der Waals surface area contributed by atoms with Crippen molar-refractivity contribution in [2.24, 2.45) is 0 Å². The number of amides is 1. The highest BCUT2D eigenvalue weighted by molar-refractivity contribution is 5.78.